The van der Waals surface area contributed by atoms with E-state index in [2.05, 4.69) is 6.92 Å². The fourth-order valence-corrected chi connectivity index (χ4v) is 3.20. The number of nitrogens with zero attached hydrogens (tertiary/aromatic N) is 1. The molecule has 1 unspecified atom stereocenters. The van der Waals surface area contributed by atoms with E-state index in [1.165, 1.54) is 75.5 Å². The summed E-state index contributed by atoms with van der Waals surface area (Å²) in [4.78, 5) is 22.5. The van der Waals surface area contributed by atoms with Crippen LogP contribution in [-0.2, 0) is 9.59 Å². The van der Waals surface area contributed by atoms with Gasteiger partial charge in [-0.05, 0) is 26.9 Å². The Labute approximate surface area is 179 Å². The van der Waals surface area contributed by atoms with Crippen LogP contribution < -0.4 is 5.73 Å². The van der Waals surface area contributed by atoms with Gasteiger partial charge in [-0.25, -0.2) is 4.79 Å². The standard InChI is InChI=1S/C16H32O2.C7H16N2O2/c1-2-3-4-5-6-7-8-9-10-11-12-13-14-15-16(17)18;1-4-5-7(8,6(10)11)9(2)3/h2-15H2,1H3,(H,17,18);4-5,8H2,1-3H3,(H,10,11). The SMILES string of the molecule is CCCC(N)(C(=O)O)N(C)C.CCCCCCCCCCCCCCCC(=O)O. The van der Waals surface area contributed by atoms with Gasteiger partial charge in [0.1, 0.15) is 0 Å². The summed E-state index contributed by atoms with van der Waals surface area (Å²) in [6, 6.07) is 0. The number of likely N-dealkylation sites (N-methyl/N-ethyl adjacent to an activating group) is 1. The van der Waals surface area contributed by atoms with E-state index in [-0.39, 0.29) is 0 Å². The molecule has 4 N–H and O–H groups in total. The van der Waals surface area contributed by atoms with Crippen LogP contribution in [0, 0.1) is 0 Å². The first-order valence-corrected chi connectivity index (χ1v) is 11.6. The molecule has 0 amide bonds. The molecule has 0 bridgehead atoms. The Hall–Kier alpha value is -1.14. The van der Waals surface area contributed by atoms with Crippen molar-refractivity contribution in [1.82, 2.24) is 4.90 Å². The number of carboxylic acid groups (broad SMARTS) is 2. The van der Waals surface area contributed by atoms with Crippen molar-refractivity contribution in [2.75, 3.05) is 14.1 Å². The van der Waals surface area contributed by atoms with Gasteiger partial charge >= 0.3 is 11.9 Å². The van der Waals surface area contributed by atoms with Gasteiger partial charge in [-0.1, -0.05) is 97.3 Å². The Morgan fingerprint density at radius 2 is 1.10 bits per heavy atom. The van der Waals surface area contributed by atoms with Crippen LogP contribution >= 0.6 is 0 Å². The lowest BCUT2D eigenvalue weighted by molar-refractivity contribution is -0.150. The number of aliphatic carboxylic acids is 2. The van der Waals surface area contributed by atoms with E-state index in [9.17, 15) is 9.59 Å². The van der Waals surface area contributed by atoms with Gasteiger partial charge in [0.2, 0.25) is 0 Å². The number of hydrogen-bond acceptors (Lipinski definition) is 4. The zero-order valence-corrected chi connectivity index (χ0v) is 19.5. The van der Waals surface area contributed by atoms with Crippen molar-refractivity contribution in [2.24, 2.45) is 5.73 Å². The minimum atomic E-state index is -1.20. The maximum absolute atomic E-state index is 10.7. The van der Waals surface area contributed by atoms with Crippen LogP contribution in [0.1, 0.15) is 117 Å². The van der Waals surface area contributed by atoms with Crippen molar-refractivity contribution in [3.8, 4) is 0 Å². The van der Waals surface area contributed by atoms with E-state index in [4.69, 9.17) is 15.9 Å². The molecule has 0 saturated heterocycles. The van der Waals surface area contributed by atoms with Gasteiger partial charge in [-0.3, -0.25) is 9.69 Å². The van der Waals surface area contributed by atoms with Gasteiger partial charge in [0, 0.05) is 6.42 Å². The smallest absolute Gasteiger partial charge is 0.338 e. The Morgan fingerprint density at radius 1 is 0.724 bits per heavy atom. The molecule has 0 saturated carbocycles. The van der Waals surface area contributed by atoms with Crippen molar-refractivity contribution in [1.29, 1.82) is 0 Å². The van der Waals surface area contributed by atoms with E-state index < -0.39 is 17.6 Å². The molecule has 6 heteroatoms. The molecular formula is C23H48N2O4. The highest BCUT2D eigenvalue weighted by Gasteiger charge is 2.35. The molecule has 0 fully saturated rings. The molecule has 0 aromatic carbocycles. The van der Waals surface area contributed by atoms with Crippen LogP contribution in [0.2, 0.25) is 0 Å². The molecule has 0 radical (unpaired) electrons. The van der Waals surface area contributed by atoms with Gasteiger partial charge < -0.3 is 15.9 Å². The second-order valence-electron chi connectivity index (χ2n) is 8.26. The molecule has 0 aliphatic rings. The zero-order valence-electron chi connectivity index (χ0n) is 19.5. The fourth-order valence-electron chi connectivity index (χ4n) is 3.20. The molecular weight excluding hydrogens is 368 g/mol. The van der Waals surface area contributed by atoms with Gasteiger partial charge in [0.15, 0.2) is 5.66 Å². The summed E-state index contributed by atoms with van der Waals surface area (Å²) in [6.45, 7) is 4.17. The van der Waals surface area contributed by atoms with E-state index >= 15 is 0 Å². The average Bonchev–Trinajstić information content (AvgIpc) is 2.65. The molecule has 0 rings (SSSR count). The highest BCUT2D eigenvalue weighted by Crippen LogP contribution is 2.13. The summed E-state index contributed by atoms with van der Waals surface area (Å²) in [7, 11) is 3.34. The van der Waals surface area contributed by atoms with Gasteiger partial charge in [-0.2, -0.15) is 0 Å². The zero-order chi connectivity index (χ0) is 22.5. The van der Waals surface area contributed by atoms with E-state index in [0.29, 0.717) is 12.8 Å². The lowest BCUT2D eigenvalue weighted by atomic mass is 10.0. The van der Waals surface area contributed by atoms with Crippen LogP contribution in [-0.4, -0.2) is 46.8 Å². The summed E-state index contributed by atoms with van der Waals surface area (Å²) in [5.41, 5.74) is 4.42. The maximum atomic E-state index is 10.7. The summed E-state index contributed by atoms with van der Waals surface area (Å²) in [6.07, 6.45) is 18.5. The molecule has 6 nitrogen and oxygen atoms in total. The molecule has 0 heterocycles. The second-order valence-corrected chi connectivity index (χ2v) is 8.26. The lowest BCUT2D eigenvalue weighted by Crippen LogP contribution is -2.58. The first kappa shape index (κ1) is 30.1. The van der Waals surface area contributed by atoms with Crippen molar-refractivity contribution in [3.63, 3.8) is 0 Å². The molecule has 0 aromatic heterocycles. The van der Waals surface area contributed by atoms with Crippen molar-refractivity contribution in [3.05, 3.63) is 0 Å². The number of unbranched alkanes of at least 4 members (excludes halogenated alkanes) is 12. The van der Waals surface area contributed by atoms with E-state index in [0.717, 1.165) is 19.3 Å². The normalized spacial score (nSPS) is 12.9. The van der Waals surface area contributed by atoms with Crippen LogP contribution in [0.3, 0.4) is 0 Å². The predicted octanol–water partition coefficient (Wildman–Crippen LogP) is 5.64. The number of carboxylic acids is 2. The van der Waals surface area contributed by atoms with Gasteiger partial charge in [-0.15, -0.1) is 0 Å². The predicted molar refractivity (Wildman–Crippen MR) is 121 cm³/mol. The number of rotatable bonds is 18. The number of nitrogens with two attached hydrogens (primary N) is 1. The van der Waals surface area contributed by atoms with Crippen LogP contribution in [0.25, 0.3) is 0 Å². The Kier molecular flexibility index (Phi) is 20.9. The van der Waals surface area contributed by atoms with Crippen molar-refractivity contribution >= 4 is 11.9 Å². The van der Waals surface area contributed by atoms with Gasteiger partial charge in [0.25, 0.3) is 0 Å². The summed E-state index contributed by atoms with van der Waals surface area (Å²) < 4.78 is 0. The van der Waals surface area contributed by atoms with Crippen LogP contribution in [0.5, 0.6) is 0 Å². The van der Waals surface area contributed by atoms with Crippen molar-refractivity contribution < 1.29 is 19.8 Å². The molecule has 174 valence electrons. The fraction of sp³-hybridized carbons (Fsp3) is 0.913. The highest BCUT2D eigenvalue weighted by atomic mass is 16.4. The van der Waals surface area contributed by atoms with Crippen LogP contribution in [0.4, 0.5) is 0 Å². The summed E-state index contributed by atoms with van der Waals surface area (Å²) >= 11 is 0. The molecule has 0 aliphatic carbocycles. The number of hydrogen-bond donors (Lipinski definition) is 3. The first-order valence-electron chi connectivity index (χ1n) is 11.6. The molecule has 29 heavy (non-hydrogen) atoms. The summed E-state index contributed by atoms with van der Waals surface area (Å²) in [5.74, 6) is -1.62. The Morgan fingerprint density at radius 3 is 1.34 bits per heavy atom. The summed E-state index contributed by atoms with van der Waals surface area (Å²) in [5, 5.41) is 17.3. The molecule has 0 aliphatic heterocycles. The third kappa shape index (κ3) is 18.6. The Bertz CT molecular complexity index is 402. The lowest BCUT2D eigenvalue weighted by Gasteiger charge is -2.31. The highest BCUT2D eigenvalue weighted by molar-refractivity contribution is 5.77. The van der Waals surface area contributed by atoms with E-state index in [1.54, 1.807) is 14.1 Å². The molecule has 0 aromatic rings. The first-order chi connectivity index (χ1) is 13.7. The van der Waals surface area contributed by atoms with Gasteiger partial charge in [0.05, 0.1) is 0 Å². The average molecular weight is 417 g/mol. The third-order valence-electron chi connectivity index (χ3n) is 5.29. The number of carbonyl (C=O) groups is 2. The molecule has 0 spiro atoms. The van der Waals surface area contributed by atoms with Crippen LogP contribution in [0.15, 0.2) is 0 Å². The minimum absolute atomic E-state index is 0.345. The largest absolute Gasteiger partial charge is 0.481 e. The third-order valence-corrected chi connectivity index (χ3v) is 5.29. The molecule has 1 atom stereocenters. The topological polar surface area (TPSA) is 104 Å². The second kappa shape index (κ2) is 20.1. The van der Waals surface area contributed by atoms with Crippen molar-refractivity contribution in [2.45, 2.75) is 122 Å². The van der Waals surface area contributed by atoms with E-state index in [1.807, 2.05) is 6.92 Å². The monoisotopic (exact) mass is 416 g/mol. The minimum Gasteiger partial charge on any atom is -0.481 e. The quantitative estimate of drug-likeness (QED) is 0.197. The Balaban J connectivity index is 0. The maximum Gasteiger partial charge on any atom is 0.338 e.